The van der Waals surface area contributed by atoms with Crippen molar-refractivity contribution in [3.05, 3.63) is 45.9 Å². The van der Waals surface area contributed by atoms with Gasteiger partial charge in [0.25, 0.3) is 5.91 Å². The molecule has 3 rings (SSSR count). The molecule has 1 heterocycles. The number of carbonyl (C=O) groups excluding carboxylic acids is 2. The molecule has 2 aromatic rings. The lowest BCUT2D eigenvalue weighted by Crippen LogP contribution is -2.25. The van der Waals surface area contributed by atoms with Crippen LogP contribution in [0.25, 0.3) is 0 Å². The first-order chi connectivity index (χ1) is 11.7. The van der Waals surface area contributed by atoms with Crippen molar-refractivity contribution in [1.29, 1.82) is 0 Å². The van der Waals surface area contributed by atoms with E-state index in [1.54, 1.807) is 35.6 Å². The van der Waals surface area contributed by atoms with Gasteiger partial charge in [0, 0.05) is 41.2 Å². The van der Waals surface area contributed by atoms with Gasteiger partial charge in [-0.15, -0.1) is 11.3 Å². The lowest BCUT2D eigenvalue weighted by Gasteiger charge is -2.07. The van der Waals surface area contributed by atoms with Gasteiger partial charge in [-0.2, -0.15) is 0 Å². The highest BCUT2D eigenvalue weighted by molar-refractivity contribution is 7.11. The molecule has 126 valence electrons. The quantitative estimate of drug-likeness (QED) is 0.812. The maximum Gasteiger partial charge on any atom is 0.251 e. The van der Waals surface area contributed by atoms with Gasteiger partial charge in [-0.1, -0.05) is 6.92 Å². The molecular weight excluding hydrogens is 322 g/mol. The second kappa shape index (κ2) is 7.57. The predicted octanol–water partition coefficient (Wildman–Crippen LogP) is 3.03. The second-order valence-corrected chi connectivity index (χ2v) is 7.12. The minimum absolute atomic E-state index is 0.0714. The van der Waals surface area contributed by atoms with E-state index in [0.717, 1.165) is 36.4 Å². The van der Waals surface area contributed by atoms with E-state index < -0.39 is 0 Å². The van der Waals surface area contributed by atoms with Gasteiger partial charge in [0.1, 0.15) is 0 Å². The Hall–Kier alpha value is -2.21. The molecule has 0 aliphatic heterocycles. The third-order valence-corrected chi connectivity index (χ3v) is 5.14. The van der Waals surface area contributed by atoms with Crippen molar-refractivity contribution < 1.29 is 9.59 Å². The molecule has 0 spiro atoms. The number of carbonyl (C=O) groups is 2. The molecule has 1 aromatic heterocycles. The van der Waals surface area contributed by atoms with Crippen molar-refractivity contribution in [2.75, 3.05) is 11.9 Å². The molecule has 1 fully saturated rings. The summed E-state index contributed by atoms with van der Waals surface area (Å²) in [6.45, 7) is 2.67. The molecule has 2 amide bonds. The number of benzene rings is 1. The first kappa shape index (κ1) is 16.6. The van der Waals surface area contributed by atoms with E-state index in [0.29, 0.717) is 12.1 Å². The Bertz CT molecular complexity index is 720. The van der Waals surface area contributed by atoms with Crippen molar-refractivity contribution in [2.45, 2.75) is 32.6 Å². The van der Waals surface area contributed by atoms with Gasteiger partial charge in [0.05, 0.1) is 5.01 Å². The van der Waals surface area contributed by atoms with Crippen molar-refractivity contribution in [3.8, 4) is 0 Å². The molecule has 0 atom stereocenters. The van der Waals surface area contributed by atoms with Crippen LogP contribution in [0.2, 0.25) is 0 Å². The van der Waals surface area contributed by atoms with E-state index in [1.165, 1.54) is 4.88 Å². The van der Waals surface area contributed by atoms with Crippen molar-refractivity contribution in [1.82, 2.24) is 10.3 Å². The molecule has 5 nitrogen and oxygen atoms in total. The number of amides is 2. The van der Waals surface area contributed by atoms with Crippen LogP contribution in [0, 0.1) is 5.92 Å². The molecule has 0 bridgehead atoms. The van der Waals surface area contributed by atoms with Crippen LogP contribution >= 0.6 is 11.3 Å². The highest BCUT2D eigenvalue weighted by Crippen LogP contribution is 2.30. The molecule has 1 aliphatic carbocycles. The first-order valence-electron chi connectivity index (χ1n) is 8.28. The Morgan fingerprint density at radius 1 is 1.25 bits per heavy atom. The number of aromatic nitrogens is 1. The summed E-state index contributed by atoms with van der Waals surface area (Å²) in [7, 11) is 0. The summed E-state index contributed by atoms with van der Waals surface area (Å²) in [5, 5.41) is 6.82. The molecule has 1 aliphatic rings. The number of thiazole rings is 1. The zero-order valence-electron chi connectivity index (χ0n) is 13.7. The average Bonchev–Trinajstić information content (AvgIpc) is 3.35. The Kier molecular flexibility index (Phi) is 5.25. The van der Waals surface area contributed by atoms with Crippen LogP contribution in [0.3, 0.4) is 0 Å². The summed E-state index contributed by atoms with van der Waals surface area (Å²) >= 11 is 1.69. The number of hydrogen-bond acceptors (Lipinski definition) is 4. The van der Waals surface area contributed by atoms with Crippen LogP contribution in [-0.4, -0.2) is 23.3 Å². The van der Waals surface area contributed by atoms with Gasteiger partial charge in [-0.05, 0) is 43.5 Å². The van der Waals surface area contributed by atoms with Crippen LogP contribution in [-0.2, 0) is 17.6 Å². The molecule has 24 heavy (non-hydrogen) atoms. The number of hydrogen-bond donors (Lipinski definition) is 2. The van der Waals surface area contributed by atoms with Crippen molar-refractivity contribution in [3.63, 3.8) is 0 Å². The highest BCUT2D eigenvalue weighted by Gasteiger charge is 2.29. The fourth-order valence-corrected chi connectivity index (χ4v) is 3.17. The summed E-state index contributed by atoms with van der Waals surface area (Å²) in [4.78, 5) is 29.4. The second-order valence-electron chi connectivity index (χ2n) is 5.92. The van der Waals surface area contributed by atoms with Crippen LogP contribution in [0.5, 0.6) is 0 Å². The molecule has 2 N–H and O–H groups in total. The Morgan fingerprint density at radius 2 is 2.00 bits per heavy atom. The molecule has 6 heteroatoms. The fraction of sp³-hybridized carbons (Fsp3) is 0.389. The summed E-state index contributed by atoms with van der Waals surface area (Å²) < 4.78 is 0. The van der Waals surface area contributed by atoms with Gasteiger partial charge in [0.15, 0.2) is 0 Å². The van der Waals surface area contributed by atoms with Crippen LogP contribution in [0.1, 0.15) is 40.0 Å². The maximum atomic E-state index is 12.1. The van der Waals surface area contributed by atoms with E-state index in [-0.39, 0.29) is 17.7 Å². The zero-order chi connectivity index (χ0) is 16.9. The number of anilines is 1. The van der Waals surface area contributed by atoms with Crippen molar-refractivity contribution in [2.24, 2.45) is 5.92 Å². The Labute approximate surface area is 145 Å². The minimum atomic E-state index is -0.109. The standard InChI is InChI=1S/C18H21N3O2S/c1-2-15-11-20-16(24-15)9-10-19-17(22)12-5-7-14(8-6-12)21-18(23)13-3-4-13/h5-8,11,13H,2-4,9-10H2,1H3,(H,19,22)(H,21,23). The van der Waals surface area contributed by atoms with Gasteiger partial charge in [-0.25, -0.2) is 4.98 Å². The third kappa shape index (κ3) is 4.41. The molecule has 1 aromatic carbocycles. The molecule has 0 radical (unpaired) electrons. The zero-order valence-corrected chi connectivity index (χ0v) is 14.5. The summed E-state index contributed by atoms with van der Waals surface area (Å²) in [6, 6.07) is 7.00. The molecule has 0 saturated heterocycles. The SMILES string of the molecule is CCc1cnc(CCNC(=O)c2ccc(NC(=O)C3CC3)cc2)s1. The van der Waals surface area contributed by atoms with Gasteiger partial charge in [-0.3, -0.25) is 9.59 Å². The summed E-state index contributed by atoms with van der Waals surface area (Å²) in [5.74, 6) is 0.136. The maximum absolute atomic E-state index is 12.1. The van der Waals surface area contributed by atoms with E-state index in [1.807, 2.05) is 6.20 Å². The Morgan fingerprint density at radius 3 is 2.62 bits per heavy atom. The van der Waals surface area contributed by atoms with E-state index >= 15 is 0 Å². The van der Waals surface area contributed by atoms with Gasteiger partial charge >= 0.3 is 0 Å². The molecule has 1 saturated carbocycles. The third-order valence-electron chi connectivity index (χ3n) is 3.94. The monoisotopic (exact) mass is 343 g/mol. The lowest BCUT2D eigenvalue weighted by atomic mass is 10.2. The number of rotatable bonds is 7. The van der Waals surface area contributed by atoms with E-state index in [4.69, 9.17) is 0 Å². The minimum Gasteiger partial charge on any atom is -0.352 e. The number of nitrogens with one attached hydrogen (secondary N) is 2. The highest BCUT2D eigenvalue weighted by atomic mass is 32.1. The Balaban J connectivity index is 1.46. The predicted molar refractivity (Wildman–Crippen MR) is 95.3 cm³/mol. The smallest absolute Gasteiger partial charge is 0.251 e. The topological polar surface area (TPSA) is 71.1 Å². The first-order valence-corrected chi connectivity index (χ1v) is 9.10. The number of nitrogens with zero attached hydrogens (tertiary/aromatic N) is 1. The van der Waals surface area contributed by atoms with Crippen LogP contribution in [0.4, 0.5) is 5.69 Å². The number of aryl methyl sites for hydroxylation is 1. The molecular formula is C18H21N3O2S. The normalized spacial score (nSPS) is 13.5. The van der Waals surface area contributed by atoms with Gasteiger partial charge in [0.2, 0.25) is 5.91 Å². The van der Waals surface area contributed by atoms with Gasteiger partial charge < -0.3 is 10.6 Å². The van der Waals surface area contributed by atoms with Crippen LogP contribution in [0.15, 0.2) is 30.5 Å². The fourth-order valence-electron chi connectivity index (χ4n) is 2.31. The summed E-state index contributed by atoms with van der Waals surface area (Å²) in [5.41, 5.74) is 1.33. The van der Waals surface area contributed by atoms with E-state index in [2.05, 4.69) is 22.5 Å². The average molecular weight is 343 g/mol. The largest absolute Gasteiger partial charge is 0.352 e. The lowest BCUT2D eigenvalue weighted by molar-refractivity contribution is -0.117. The molecule has 0 unspecified atom stereocenters. The van der Waals surface area contributed by atoms with Crippen molar-refractivity contribution >= 4 is 28.8 Å². The van der Waals surface area contributed by atoms with Crippen LogP contribution < -0.4 is 10.6 Å². The summed E-state index contributed by atoms with van der Waals surface area (Å²) in [6.07, 6.45) is 5.59. The van der Waals surface area contributed by atoms with E-state index in [9.17, 15) is 9.59 Å².